The molecule has 0 spiro atoms. The molecule has 1 unspecified atom stereocenters. The molecule has 0 aromatic heterocycles. The third kappa shape index (κ3) is 2.12. The van der Waals surface area contributed by atoms with E-state index in [1.807, 2.05) is 52.0 Å². The van der Waals surface area contributed by atoms with Crippen molar-refractivity contribution in [3.05, 3.63) is 36.4 Å². The molecule has 0 amide bonds. The fourth-order valence-electron chi connectivity index (χ4n) is 1.87. The molecule has 1 aromatic carbocycles. The van der Waals surface area contributed by atoms with Gasteiger partial charge in [0.05, 0.1) is 5.54 Å². The van der Waals surface area contributed by atoms with Crippen molar-refractivity contribution in [3.8, 4) is 0 Å². The molecule has 0 saturated heterocycles. The lowest BCUT2D eigenvalue weighted by molar-refractivity contribution is 0.166. The molecule has 0 fully saturated rings. The molecule has 16 heavy (non-hydrogen) atoms. The Kier molecular flexibility index (Phi) is 3.76. The summed E-state index contributed by atoms with van der Waals surface area (Å²) >= 11 is 0. The Bertz CT molecular complexity index is 382. The Morgan fingerprint density at radius 2 is 1.81 bits per heavy atom. The van der Waals surface area contributed by atoms with Gasteiger partial charge in [0.25, 0.3) is 0 Å². The molecular formula is C14H21NO. The Labute approximate surface area is 98.0 Å². The monoisotopic (exact) mass is 219 g/mol. The number of hydrogen-bond acceptors (Lipinski definition) is 2. The highest BCUT2D eigenvalue weighted by molar-refractivity contribution is 5.81. The Balaban J connectivity index is 0.000000606. The van der Waals surface area contributed by atoms with Gasteiger partial charge in [-0.1, -0.05) is 38.6 Å². The zero-order chi connectivity index (χ0) is 12.3. The zero-order valence-electron chi connectivity index (χ0n) is 10.5. The molecule has 1 aliphatic heterocycles. The van der Waals surface area contributed by atoms with Crippen molar-refractivity contribution in [3.63, 3.8) is 0 Å². The molecule has 0 bridgehead atoms. The highest BCUT2D eigenvalue weighted by atomic mass is 16.3. The van der Waals surface area contributed by atoms with Crippen molar-refractivity contribution in [2.45, 2.75) is 39.3 Å². The molecular weight excluding hydrogens is 198 g/mol. The van der Waals surface area contributed by atoms with Gasteiger partial charge in [-0.2, -0.15) is 0 Å². The van der Waals surface area contributed by atoms with Gasteiger partial charge >= 0.3 is 0 Å². The van der Waals surface area contributed by atoms with E-state index in [9.17, 15) is 5.11 Å². The molecule has 88 valence electrons. The van der Waals surface area contributed by atoms with Gasteiger partial charge in [-0.25, -0.2) is 0 Å². The number of hydrogen-bond donors (Lipinski definition) is 2. The largest absolute Gasteiger partial charge is 0.386 e. The van der Waals surface area contributed by atoms with Crippen LogP contribution < -0.4 is 5.32 Å². The van der Waals surface area contributed by atoms with Gasteiger partial charge in [0.2, 0.25) is 0 Å². The van der Waals surface area contributed by atoms with Crippen LogP contribution in [0.15, 0.2) is 30.8 Å². The molecule has 2 heteroatoms. The van der Waals surface area contributed by atoms with E-state index in [0.29, 0.717) is 0 Å². The minimum Gasteiger partial charge on any atom is -0.386 e. The topological polar surface area (TPSA) is 32.3 Å². The zero-order valence-corrected chi connectivity index (χ0v) is 10.5. The average Bonchev–Trinajstić information content (AvgIpc) is 2.29. The molecule has 1 aliphatic rings. The number of anilines is 1. The number of rotatable bonds is 0. The van der Waals surface area contributed by atoms with Crippen molar-refractivity contribution in [2.75, 3.05) is 5.32 Å². The Morgan fingerprint density at radius 3 is 2.44 bits per heavy atom. The SMILES string of the molecule is C=C1c2ccccc2NC(C)(C)C1O.CC. The van der Waals surface area contributed by atoms with Crippen LogP contribution in [0.25, 0.3) is 5.57 Å². The number of nitrogens with one attached hydrogen (secondary N) is 1. The van der Waals surface area contributed by atoms with E-state index < -0.39 is 6.10 Å². The van der Waals surface area contributed by atoms with Gasteiger partial charge in [0.15, 0.2) is 0 Å². The Hall–Kier alpha value is -1.28. The van der Waals surface area contributed by atoms with Crippen LogP contribution in [0.5, 0.6) is 0 Å². The van der Waals surface area contributed by atoms with E-state index in [-0.39, 0.29) is 5.54 Å². The van der Waals surface area contributed by atoms with Gasteiger partial charge in [0, 0.05) is 11.3 Å². The van der Waals surface area contributed by atoms with E-state index in [2.05, 4.69) is 11.9 Å². The van der Waals surface area contributed by atoms with Gasteiger partial charge in [-0.15, -0.1) is 0 Å². The highest BCUT2D eigenvalue weighted by Gasteiger charge is 2.35. The van der Waals surface area contributed by atoms with Gasteiger partial charge in [-0.3, -0.25) is 0 Å². The highest BCUT2D eigenvalue weighted by Crippen LogP contribution is 2.36. The summed E-state index contributed by atoms with van der Waals surface area (Å²) in [6.07, 6.45) is -0.530. The number of aliphatic hydroxyl groups is 1. The summed E-state index contributed by atoms with van der Waals surface area (Å²) in [7, 11) is 0. The smallest absolute Gasteiger partial charge is 0.101 e. The summed E-state index contributed by atoms with van der Waals surface area (Å²) < 4.78 is 0. The molecule has 0 radical (unpaired) electrons. The normalized spacial score (nSPS) is 21.3. The van der Waals surface area contributed by atoms with E-state index in [1.165, 1.54) is 0 Å². The van der Waals surface area contributed by atoms with E-state index in [4.69, 9.17) is 0 Å². The van der Waals surface area contributed by atoms with Crippen LogP contribution in [0.1, 0.15) is 33.3 Å². The van der Waals surface area contributed by atoms with E-state index in [1.54, 1.807) is 0 Å². The van der Waals surface area contributed by atoms with Crippen LogP contribution in [0.4, 0.5) is 5.69 Å². The summed E-state index contributed by atoms with van der Waals surface area (Å²) in [5.41, 5.74) is 2.52. The first-order valence-electron chi connectivity index (χ1n) is 5.77. The summed E-state index contributed by atoms with van der Waals surface area (Å²) in [5, 5.41) is 13.3. The number of fused-ring (bicyclic) bond motifs is 1. The second kappa shape index (κ2) is 4.71. The molecule has 2 rings (SSSR count). The third-order valence-corrected chi connectivity index (χ3v) is 2.74. The van der Waals surface area contributed by atoms with Gasteiger partial charge in [-0.05, 0) is 25.5 Å². The first kappa shape index (κ1) is 12.8. The summed E-state index contributed by atoms with van der Waals surface area (Å²) in [6.45, 7) is 11.9. The predicted molar refractivity (Wildman–Crippen MR) is 70.5 cm³/mol. The maximum atomic E-state index is 9.99. The van der Waals surface area contributed by atoms with Crippen LogP contribution in [0, 0.1) is 0 Å². The number of para-hydroxylation sites is 1. The van der Waals surface area contributed by atoms with Crippen molar-refractivity contribution in [2.24, 2.45) is 0 Å². The molecule has 1 heterocycles. The lowest BCUT2D eigenvalue weighted by Crippen LogP contribution is -2.47. The maximum Gasteiger partial charge on any atom is 0.101 e. The van der Waals surface area contributed by atoms with Crippen LogP contribution in [0.2, 0.25) is 0 Å². The molecule has 2 nitrogen and oxygen atoms in total. The average molecular weight is 219 g/mol. The molecule has 0 aliphatic carbocycles. The Morgan fingerprint density at radius 1 is 1.25 bits per heavy atom. The standard InChI is InChI=1S/C12H15NO.C2H6/c1-8-9-6-4-5-7-10(9)13-12(2,3)11(8)14;1-2/h4-7,11,13-14H,1H2,2-3H3;1-2H3. The minimum atomic E-state index is -0.530. The lowest BCUT2D eigenvalue weighted by atomic mass is 9.83. The van der Waals surface area contributed by atoms with Crippen LogP contribution in [-0.4, -0.2) is 16.7 Å². The molecule has 1 aromatic rings. The molecule has 0 saturated carbocycles. The second-order valence-electron chi connectivity index (χ2n) is 4.32. The fraction of sp³-hybridized carbons (Fsp3) is 0.429. The van der Waals surface area contributed by atoms with E-state index >= 15 is 0 Å². The molecule has 1 atom stereocenters. The molecule has 2 N–H and O–H groups in total. The first-order chi connectivity index (χ1) is 7.52. The van der Waals surface area contributed by atoms with Crippen LogP contribution in [0.3, 0.4) is 0 Å². The maximum absolute atomic E-state index is 9.99. The fourth-order valence-corrected chi connectivity index (χ4v) is 1.87. The third-order valence-electron chi connectivity index (χ3n) is 2.74. The summed E-state index contributed by atoms with van der Waals surface area (Å²) in [6, 6.07) is 7.92. The van der Waals surface area contributed by atoms with Crippen molar-refractivity contribution < 1.29 is 5.11 Å². The van der Waals surface area contributed by atoms with E-state index in [0.717, 1.165) is 16.8 Å². The lowest BCUT2D eigenvalue weighted by Gasteiger charge is -2.39. The quantitative estimate of drug-likeness (QED) is 0.701. The van der Waals surface area contributed by atoms with Crippen LogP contribution >= 0.6 is 0 Å². The number of benzene rings is 1. The van der Waals surface area contributed by atoms with Crippen molar-refractivity contribution in [1.29, 1.82) is 0 Å². The summed E-state index contributed by atoms with van der Waals surface area (Å²) in [5.74, 6) is 0. The van der Waals surface area contributed by atoms with Gasteiger partial charge < -0.3 is 10.4 Å². The predicted octanol–water partition coefficient (Wildman–Crippen LogP) is 3.29. The van der Waals surface area contributed by atoms with Crippen molar-refractivity contribution >= 4 is 11.3 Å². The minimum absolute atomic E-state index is 0.342. The number of aliphatic hydroxyl groups excluding tert-OH is 1. The van der Waals surface area contributed by atoms with Gasteiger partial charge in [0.1, 0.15) is 6.10 Å². The first-order valence-corrected chi connectivity index (χ1v) is 5.77. The second-order valence-corrected chi connectivity index (χ2v) is 4.32. The van der Waals surface area contributed by atoms with Crippen LogP contribution in [-0.2, 0) is 0 Å². The van der Waals surface area contributed by atoms with Crippen molar-refractivity contribution in [1.82, 2.24) is 0 Å². The summed E-state index contributed by atoms with van der Waals surface area (Å²) in [4.78, 5) is 0.